The van der Waals surface area contributed by atoms with E-state index in [0.29, 0.717) is 23.3 Å². The Bertz CT molecular complexity index is 1200. The van der Waals surface area contributed by atoms with Gasteiger partial charge in [-0.3, -0.25) is 4.79 Å². The van der Waals surface area contributed by atoms with Crippen LogP contribution in [0.1, 0.15) is 28.9 Å². The molecule has 0 aliphatic heterocycles. The van der Waals surface area contributed by atoms with Crippen molar-refractivity contribution in [2.24, 2.45) is 0 Å². The fourth-order valence-corrected chi connectivity index (χ4v) is 3.41. The first kappa shape index (κ1) is 18.1. The van der Waals surface area contributed by atoms with E-state index in [1.807, 2.05) is 32.0 Å². The van der Waals surface area contributed by atoms with Crippen molar-refractivity contribution < 1.29 is 18.0 Å². The Morgan fingerprint density at radius 2 is 1.96 bits per heavy atom. The van der Waals surface area contributed by atoms with Gasteiger partial charge in [0.25, 0.3) is 0 Å². The highest BCUT2D eigenvalue weighted by atomic mass is 16.4. The Kier molecular flexibility index (Phi) is 4.77. The lowest BCUT2D eigenvalue weighted by Crippen LogP contribution is -2.28. The maximum absolute atomic E-state index is 12.4. The lowest BCUT2D eigenvalue weighted by atomic mass is 10.0. The summed E-state index contributed by atoms with van der Waals surface area (Å²) in [6.45, 7) is 4.33. The molecule has 1 aromatic carbocycles. The van der Waals surface area contributed by atoms with Gasteiger partial charge in [0.15, 0.2) is 0 Å². The third-order valence-electron chi connectivity index (χ3n) is 5.01. The summed E-state index contributed by atoms with van der Waals surface area (Å²) >= 11 is 0. The summed E-state index contributed by atoms with van der Waals surface area (Å²) in [5.74, 6) is 0.691. The molecule has 6 heteroatoms. The Morgan fingerprint density at radius 3 is 2.75 bits per heavy atom. The summed E-state index contributed by atoms with van der Waals surface area (Å²) in [5, 5.41) is 4.64. The third-order valence-corrected chi connectivity index (χ3v) is 5.01. The highest BCUT2D eigenvalue weighted by molar-refractivity contribution is 5.96. The van der Waals surface area contributed by atoms with Crippen LogP contribution in [0.2, 0.25) is 0 Å². The second-order valence-electron chi connectivity index (χ2n) is 6.97. The highest BCUT2D eigenvalue weighted by Crippen LogP contribution is 2.28. The quantitative estimate of drug-likeness (QED) is 0.404. The number of benzene rings is 1. The van der Waals surface area contributed by atoms with Gasteiger partial charge in [-0.05, 0) is 49.6 Å². The van der Waals surface area contributed by atoms with E-state index in [9.17, 15) is 9.59 Å². The number of aryl methyl sites for hydroxylation is 3. The van der Waals surface area contributed by atoms with Crippen LogP contribution in [-0.2, 0) is 17.6 Å². The molecule has 0 unspecified atom stereocenters. The van der Waals surface area contributed by atoms with Crippen LogP contribution in [0.15, 0.2) is 54.8 Å². The fraction of sp³-hybridized carbons (Fsp3) is 0.273. The lowest BCUT2D eigenvalue weighted by molar-refractivity contribution is -0.120. The van der Waals surface area contributed by atoms with Crippen molar-refractivity contribution in [2.45, 2.75) is 33.1 Å². The number of hydrogen-bond donors (Lipinski definition) is 1. The monoisotopic (exact) mass is 379 g/mol. The van der Waals surface area contributed by atoms with Crippen LogP contribution in [0.4, 0.5) is 0 Å². The Balaban J connectivity index is 1.51. The molecular formula is C22H21NO5. The predicted molar refractivity (Wildman–Crippen MR) is 105 cm³/mol. The lowest BCUT2D eigenvalue weighted by Gasteiger charge is -2.09. The van der Waals surface area contributed by atoms with Crippen molar-refractivity contribution in [3.05, 3.63) is 69.7 Å². The number of fused-ring (bicyclic) bond motifs is 2. The number of furan rings is 2. The van der Waals surface area contributed by atoms with Crippen LogP contribution >= 0.6 is 0 Å². The van der Waals surface area contributed by atoms with Gasteiger partial charge in [-0.1, -0.05) is 0 Å². The SMILES string of the molecule is Cc1coc2cc3oc(=O)c(CC(=O)NCCCc4ccco4)c(C)c3cc12. The standard InChI is InChI=1S/C22H21NO5/c1-13-12-27-19-11-20-17(9-16(13)19)14(2)18(22(25)28-20)10-21(24)23-7-3-5-15-6-4-8-26-15/h4,6,8-9,11-12H,3,5,7,10H2,1-2H3,(H,23,24). The molecule has 0 aliphatic carbocycles. The highest BCUT2D eigenvalue weighted by Gasteiger charge is 2.16. The van der Waals surface area contributed by atoms with Crippen LogP contribution in [0.5, 0.6) is 0 Å². The van der Waals surface area contributed by atoms with Crippen molar-refractivity contribution in [1.82, 2.24) is 5.32 Å². The van der Waals surface area contributed by atoms with E-state index in [0.717, 1.165) is 40.5 Å². The van der Waals surface area contributed by atoms with E-state index in [2.05, 4.69) is 5.32 Å². The van der Waals surface area contributed by atoms with Gasteiger partial charge < -0.3 is 18.6 Å². The number of carbonyl (C=O) groups is 1. The summed E-state index contributed by atoms with van der Waals surface area (Å²) in [7, 11) is 0. The van der Waals surface area contributed by atoms with Crippen LogP contribution in [0, 0.1) is 13.8 Å². The van der Waals surface area contributed by atoms with Gasteiger partial charge in [-0.15, -0.1) is 0 Å². The average Bonchev–Trinajstić information content (AvgIpc) is 3.31. The van der Waals surface area contributed by atoms with Gasteiger partial charge in [-0.2, -0.15) is 0 Å². The van der Waals surface area contributed by atoms with E-state index in [-0.39, 0.29) is 12.3 Å². The first-order valence-corrected chi connectivity index (χ1v) is 9.26. The molecule has 4 rings (SSSR count). The van der Waals surface area contributed by atoms with Gasteiger partial charge in [-0.25, -0.2) is 4.79 Å². The largest absolute Gasteiger partial charge is 0.469 e. The first-order valence-electron chi connectivity index (χ1n) is 9.26. The number of rotatable bonds is 6. The fourth-order valence-electron chi connectivity index (χ4n) is 3.41. The number of amides is 1. The molecule has 0 saturated carbocycles. The second-order valence-corrected chi connectivity index (χ2v) is 6.97. The predicted octanol–water partition coefficient (Wildman–Crippen LogP) is 4.04. The van der Waals surface area contributed by atoms with Gasteiger partial charge in [0.1, 0.15) is 16.9 Å². The molecule has 0 saturated heterocycles. The Labute approximate surface area is 161 Å². The van der Waals surface area contributed by atoms with Crippen LogP contribution in [0.3, 0.4) is 0 Å². The minimum Gasteiger partial charge on any atom is -0.469 e. The van der Waals surface area contributed by atoms with Gasteiger partial charge in [0.2, 0.25) is 5.91 Å². The molecule has 0 aliphatic rings. The van der Waals surface area contributed by atoms with E-state index in [1.165, 1.54) is 0 Å². The van der Waals surface area contributed by atoms with E-state index in [1.54, 1.807) is 18.6 Å². The molecule has 3 heterocycles. The number of nitrogens with one attached hydrogen (secondary N) is 1. The van der Waals surface area contributed by atoms with Crippen molar-refractivity contribution >= 4 is 27.8 Å². The van der Waals surface area contributed by atoms with E-state index >= 15 is 0 Å². The smallest absolute Gasteiger partial charge is 0.340 e. The minimum absolute atomic E-state index is 0.00668. The normalized spacial score (nSPS) is 11.4. The minimum atomic E-state index is -0.488. The molecule has 28 heavy (non-hydrogen) atoms. The topological polar surface area (TPSA) is 85.6 Å². The Morgan fingerprint density at radius 1 is 1.11 bits per heavy atom. The molecule has 0 radical (unpaired) electrons. The zero-order chi connectivity index (χ0) is 19.7. The number of hydrogen-bond acceptors (Lipinski definition) is 5. The van der Waals surface area contributed by atoms with Crippen LogP contribution < -0.4 is 10.9 Å². The Hall–Kier alpha value is -3.28. The van der Waals surface area contributed by atoms with Crippen molar-refractivity contribution in [3.63, 3.8) is 0 Å². The van der Waals surface area contributed by atoms with Crippen LogP contribution in [0.25, 0.3) is 21.9 Å². The third kappa shape index (κ3) is 3.45. The summed E-state index contributed by atoms with van der Waals surface area (Å²) in [5.41, 5.74) is 2.81. The van der Waals surface area contributed by atoms with Gasteiger partial charge in [0.05, 0.1) is 24.5 Å². The second kappa shape index (κ2) is 7.38. The summed E-state index contributed by atoms with van der Waals surface area (Å²) in [6, 6.07) is 7.43. The number of carbonyl (C=O) groups excluding carboxylic acids is 1. The molecule has 144 valence electrons. The van der Waals surface area contributed by atoms with Crippen molar-refractivity contribution in [3.8, 4) is 0 Å². The van der Waals surface area contributed by atoms with Crippen LogP contribution in [-0.4, -0.2) is 12.5 Å². The molecular weight excluding hydrogens is 358 g/mol. The molecule has 4 aromatic rings. The molecule has 6 nitrogen and oxygen atoms in total. The summed E-state index contributed by atoms with van der Waals surface area (Å²) in [4.78, 5) is 24.7. The molecule has 3 aromatic heterocycles. The zero-order valence-corrected chi connectivity index (χ0v) is 15.8. The van der Waals surface area contributed by atoms with E-state index < -0.39 is 5.63 Å². The van der Waals surface area contributed by atoms with Gasteiger partial charge in [0, 0.05) is 29.8 Å². The summed E-state index contributed by atoms with van der Waals surface area (Å²) in [6.07, 6.45) is 4.82. The summed E-state index contributed by atoms with van der Waals surface area (Å²) < 4.78 is 16.2. The van der Waals surface area contributed by atoms with Crippen molar-refractivity contribution in [2.75, 3.05) is 6.54 Å². The van der Waals surface area contributed by atoms with E-state index in [4.69, 9.17) is 13.3 Å². The molecule has 0 bridgehead atoms. The average molecular weight is 379 g/mol. The maximum atomic E-state index is 12.4. The molecule has 1 amide bonds. The van der Waals surface area contributed by atoms with Gasteiger partial charge >= 0.3 is 5.63 Å². The maximum Gasteiger partial charge on any atom is 0.340 e. The molecule has 0 fully saturated rings. The molecule has 0 spiro atoms. The van der Waals surface area contributed by atoms with Crippen molar-refractivity contribution in [1.29, 1.82) is 0 Å². The molecule has 1 N–H and O–H groups in total. The first-order chi connectivity index (χ1) is 13.5. The zero-order valence-electron chi connectivity index (χ0n) is 15.8. The molecule has 0 atom stereocenters.